The number of hydrogen-bond acceptors (Lipinski definition) is 1. The third-order valence-electron chi connectivity index (χ3n) is 6.43. The van der Waals surface area contributed by atoms with Gasteiger partial charge in [0.25, 0.3) is 0 Å². The van der Waals surface area contributed by atoms with Crippen molar-refractivity contribution in [2.75, 3.05) is 11.5 Å². The Morgan fingerprint density at radius 2 is 0.633 bits per heavy atom. The standard InChI is InChI=1S/C29H59S/c1-3-5-6-7-8-9-10-11-12-13-14-15-16-17-18-19-20-21-22-23-24-25-26-27-29-30-28-4-2/h2-29H2,1H3. The first kappa shape index (κ1) is 30.4. The smallest absolute Gasteiger partial charge is 0.00675 e. The second-order valence-corrected chi connectivity index (χ2v) is 10.8. The summed E-state index contributed by atoms with van der Waals surface area (Å²) in [5, 5.41) is 0. The zero-order chi connectivity index (χ0) is 21.8. The van der Waals surface area contributed by atoms with E-state index in [-0.39, 0.29) is 0 Å². The van der Waals surface area contributed by atoms with Crippen LogP contribution in [0.1, 0.15) is 167 Å². The van der Waals surface area contributed by atoms with Crippen LogP contribution in [0.3, 0.4) is 0 Å². The lowest BCUT2D eigenvalue weighted by molar-refractivity contribution is 0.518. The van der Waals surface area contributed by atoms with Gasteiger partial charge in [0.2, 0.25) is 0 Å². The zero-order valence-corrected chi connectivity index (χ0v) is 22.0. The lowest BCUT2D eigenvalue weighted by Gasteiger charge is -2.04. The van der Waals surface area contributed by atoms with E-state index in [4.69, 9.17) is 0 Å². The minimum atomic E-state index is 1.09. The van der Waals surface area contributed by atoms with Gasteiger partial charge in [-0.3, -0.25) is 0 Å². The van der Waals surface area contributed by atoms with E-state index in [9.17, 15) is 0 Å². The molecular formula is C29H59S. The van der Waals surface area contributed by atoms with E-state index in [1.165, 1.54) is 166 Å². The van der Waals surface area contributed by atoms with Gasteiger partial charge in [0.15, 0.2) is 0 Å². The minimum Gasteiger partial charge on any atom is -0.162 e. The SMILES string of the molecule is [CH2]CCSCCCCCCCCCCCCCCCCCCCCCCCCCC. The summed E-state index contributed by atoms with van der Waals surface area (Å²) in [5.41, 5.74) is 0. The van der Waals surface area contributed by atoms with E-state index in [0.717, 1.165) is 6.42 Å². The first-order chi connectivity index (χ1) is 14.9. The zero-order valence-electron chi connectivity index (χ0n) is 21.2. The topological polar surface area (TPSA) is 0 Å². The molecule has 0 amide bonds. The van der Waals surface area contributed by atoms with Gasteiger partial charge in [-0.25, -0.2) is 0 Å². The molecule has 1 heteroatoms. The molecule has 1 radical (unpaired) electrons. The Hall–Kier alpha value is 0.350. The second-order valence-electron chi connectivity index (χ2n) is 9.60. The van der Waals surface area contributed by atoms with Gasteiger partial charge in [-0.1, -0.05) is 162 Å². The molecule has 0 aliphatic rings. The van der Waals surface area contributed by atoms with Crippen LogP contribution in [-0.2, 0) is 0 Å². The van der Waals surface area contributed by atoms with Gasteiger partial charge in [-0.15, -0.1) is 0 Å². The van der Waals surface area contributed by atoms with Gasteiger partial charge in [-0.05, 0) is 24.3 Å². The maximum Gasteiger partial charge on any atom is -0.00675 e. The normalized spacial score (nSPS) is 11.4. The van der Waals surface area contributed by atoms with Gasteiger partial charge in [0, 0.05) is 0 Å². The van der Waals surface area contributed by atoms with Gasteiger partial charge < -0.3 is 0 Å². The first-order valence-corrected chi connectivity index (χ1v) is 15.4. The van der Waals surface area contributed by atoms with Crippen molar-refractivity contribution in [1.29, 1.82) is 0 Å². The summed E-state index contributed by atoms with van der Waals surface area (Å²) in [5.74, 6) is 2.61. The molecule has 181 valence electrons. The molecule has 0 saturated carbocycles. The van der Waals surface area contributed by atoms with Crippen molar-refractivity contribution in [3.63, 3.8) is 0 Å². The second kappa shape index (κ2) is 29.4. The number of rotatable bonds is 27. The van der Waals surface area contributed by atoms with Crippen molar-refractivity contribution in [1.82, 2.24) is 0 Å². The first-order valence-electron chi connectivity index (χ1n) is 14.3. The highest BCUT2D eigenvalue weighted by Crippen LogP contribution is 2.16. The highest BCUT2D eigenvalue weighted by molar-refractivity contribution is 7.99. The molecule has 0 rings (SSSR count). The molecular weight excluding hydrogens is 380 g/mol. The number of thioether (sulfide) groups is 1. The average Bonchev–Trinajstić information content (AvgIpc) is 2.76. The molecule has 0 aromatic heterocycles. The van der Waals surface area contributed by atoms with Crippen LogP contribution in [0.15, 0.2) is 0 Å². The van der Waals surface area contributed by atoms with Crippen LogP contribution in [0, 0.1) is 6.92 Å². The van der Waals surface area contributed by atoms with Crippen LogP contribution in [0.4, 0.5) is 0 Å². The van der Waals surface area contributed by atoms with Crippen molar-refractivity contribution in [2.45, 2.75) is 167 Å². The molecule has 0 spiro atoms. The molecule has 0 N–H and O–H groups in total. The van der Waals surface area contributed by atoms with Crippen molar-refractivity contribution < 1.29 is 0 Å². The summed E-state index contributed by atoms with van der Waals surface area (Å²) in [4.78, 5) is 0. The lowest BCUT2D eigenvalue weighted by atomic mass is 10.0. The monoisotopic (exact) mass is 439 g/mol. The molecule has 0 heterocycles. The molecule has 0 aliphatic heterocycles. The quantitative estimate of drug-likeness (QED) is 0.115. The van der Waals surface area contributed by atoms with Gasteiger partial charge in [0.1, 0.15) is 0 Å². The van der Waals surface area contributed by atoms with Crippen molar-refractivity contribution in [3.05, 3.63) is 6.92 Å². The van der Waals surface area contributed by atoms with Crippen LogP contribution >= 0.6 is 11.8 Å². The Balaban J connectivity index is 2.97. The van der Waals surface area contributed by atoms with Crippen LogP contribution in [-0.4, -0.2) is 11.5 Å². The molecule has 30 heavy (non-hydrogen) atoms. The van der Waals surface area contributed by atoms with E-state index >= 15 is 0 Å². The molecule has 0 aromatic rings. The summed E-state index contributed by atoms with van der Waals surface area (Å²) in [6.45, 7) is 6.20. The van der Waals surface area contributed by atoms with Crippen LogP contribution in [0.5, 0.6) is 0 Å². The molecule has 0 aromatic carbocycles. The van der Waals surface area contributed by atoms with E-state index in [1.54, 1.807) is 0 Å². The molecule has 0 nitrogen and oxygen atoms in total. The largest absolute Gasteiger partial charge is 0.162 e. The Morgan fingerprint density at radius 3 is 0.900 bits per heavy atom. The van der Waals surface area contributed by atoms with Crippen LogP contribution < -0.4 is 0 Å². The maximum absolute atomic E-state index is 3.90. The van der Waals surface area contributed by atoms with Gasteiger partial charge >= 0.3 is 0 Å². The third kappa shape index (κ3) is 28.4. The molecule has 0 atom stereocenters. The molecule has 0 unspecified atom stereocenters. The summed E-state index contributed by atoms with van der Waals surface area (Å²) in [6.07, 6.45) is 36.4. The molecule has 0 saturated heterocycles. The Bertz CT molecular complexity index is 248. The Kier molecular flexibility index (Phi) is 29.7. The average molecular weight is 440 g/mol. The summed E-state index contributed by atoms with van der Waals surface area (Å²) >= 11 is 2.08. The van der Waals surface area contributed by atoms with E-state index in [0.29, 0.717) is 0 Å². The van der Waals surface area contributed by atoms with Gasteiger partial charge in [-0.2, -0.15) is 11.8 Å². The predicted molar refractivity (Wildman–Crippen MR) is 144 cm³/mol. The van der Waals surface area contributed by atoms with E-state index in [2.05, 4.69) is 25.6 Å². The Morgan fingerprint density at radius 1 is 0.367 bits per heavy atom. The summed E-state index contributed by atoms with van der Waals surface area (Å²) < 4.78 is 0. The van der Waals surface area contributed by atoms with E-state index in [1.807, 2.05) is 0 Å². The molecule has 0 fully saturated rings. The molecule has 0 bridgehead atoms. The van der Waals surface area contributed by atoms with Gasteiger partial charge in [0.05, 0.1) is 0 Å². The lowest BCUT2D eigenvalue weighted by Crippen LogP contribution is -1.85. The van der Waals surface area contributed by atoms with E-state index < -0.39 is 0 Å². The van der Waals surface area contributed by atoms with Crippen molar-refractivity contribution in [2.24, 2.45) is 0 Å². The minimum absolute atomic E-state index is 1.09. The van der Waals surface area contributed by atoms with Crippen LogP contribution in [0.25, 0.3) is 0 Å². The fourth-order valence-corrected chi connectivity index (χ4v) is 5.19. The third-order valence-corrected chi connectivity index (χ3v) is 7.59. The van der Waals surface area contributed by atoms with Crippen molar-refractivity contribution >= 4 is 11.8 Å². The number of unbranched alkanes of at least 4 members (excludes halogenated alkanes) is 23. The molecule has 0 aliphatic carbocycles. The maximum atomic E-state index is 3.90. The predicted octanol–water partition coefficient (Wildman–Crippen LogP) is 11.3. The number of hydrogen-bond donors (Lipinski definition) is 0. The highest BCUT2D eigenvalue weighted by atomic mass is 32.2. The Labute approximate surface area is 197 Å². The van der Waals surface area contributed by atoms with Crippen LogP contribution in [0.2, 0.25) is 0 Å². The van der Waals surface area contributed by atoms with Crippen molar-refractivity contribution in [3.8, 4) is 0 Å². The fourth-order valence-electron chi connectivity index (χ4n) is 4.37. The summed E-state index contributed by atoms with van der Waals surface area (Å²) in [6, 6.07) is 0. The fraction of sp³-hybridized carbons (Fsp3) is 0.966. The highest BCUT2D eigenvalue weighted by Gasteiger charge is 1.96. The summed E-state index contributed by atoms with van der Waals surface area (Å²) in [7, 11) is 0.